The number of nitrogens with zero attached hydrogens (tertiary/aromatic N) is 2. The van der Waals surface area contributed by atoms with E-state index in [0.29, 0.717) is 12.4 Å². The number of carbonyl (C=O) groups excluding carboxylic acids is 1. The van der Waals surface area contributed by atoms with Crippen LogP contribution in [0.15, 0.2) is 65.1 Å². The minimum Gasteiger partial charge on any atom is -0.488 e. The molecule has 26 heavy (non-hydrogen) atoms. The number of hydrogen-bond donors (Lipinski definition) is 1. The third kappa shape index (κ3) is 5.26. The molecule has 0 aliphatic carbocycles. The van der Waals surface area contributed by atoms with Gasteiger partial charge in [-0.25, -0.2) is 10.4 Å². The third-order valence-electron chi connectivity index (χ3n) is 3.53. The first-order valence-electron chi connectivity index (χ1n) is 8.19. The summed E-state index contributed by atoms with van der Waals surface area (Å²) in [5.74, 6) is 0.517. The van der Waals surface area contributed by atoms with Crippen molar-refractivity contribution in [3.05, 3.63) is 81.8 Å². The summed E-state index contributed by atoms with van der Waals surface area (Å²) in [5, 5.41) is 6.73. The van der Waals surface area contributed by atoms with Gasteiger partial charge in [0.1, 0.15) is 17.4 Å². The number of ether oxygens (including phenoxy) is 1. The summed E-state index contributed by atoms with van der Waals surface area (Å²) in [5.41, 5.74) is 5.34. The monoisotopic (exact) mass is 365 g/mol. The highest BCUT2D eigenvalue weighted by atomic mass is 32.1. The van der Waals surface area contributed by atoms with Gasteiger partial charge >= 0.3 is 0 Å². The zero-order chi connectivity index (χ0) is 18.2. The molecule has 132 valence electrons. The fourth-order valence-corrected chi connectivity index (χ4v) is 3.06. The van der Waals surface area contributed by atoms with E-state index in [-0.39, 0.29) is 12.3 Å². The van der Waals surface area contributed by atoms with Gasteiger partial charge in [0.15, 0.2) is 0 Å². The Morgan fingerprint density at radius 1 is 1.19 bits per heavy atom. The maximum atomic E-state index is 11.9. The van der Waals surface area contributed by atoms with Crippen LogP contribution in [0.1, 0.15) is 21.8 Å². The highest BCUT2D eigenvalue weighted by molar-refractivity contribution is 7.09. The van der Waals surface area contributed by atoms with E-state index in [0.717, 1.165) is 21.8 Å². The first-order chi connectivity index (χ1) is 12.7. The number of aromatic nitrogens is 1. The first-order valence-corrected chi connectivity index (χ1v) is 9.07. The minimum absolute atomic E-state index is 0.196. The van der Waals surface area contributed by atoms with Crippen molar-refractivity contribution in [3.8, 4) is 5.75 Å². The summed E-state index contributed by atoms with van der Waals surface area (Å²) < 4.78 is 5.87. The van der Waals surface area contributed by atoms with Crippen LogP contribution in [0.2, 0.25) is 0 Å². The van der Waals surface area contributed by atoms with Gasteiger partial charge in [0, 0.05) is 16.6 Å². The molecule has 6 heteroatoms. The van der Waals surface area contributed by atoms with E-state index < -0.39 is 0 Å². The standard InChI is InChI=1S/C20H19N3O2S/c1-15-14-26-20(22-15)11-19(24)23-21-12-17-9-5-6-10-18(17)25-13-16-7-3-2-4-8-16/h2-10,12,14H,11,13H2,1H3,(H,23,24)/b21-12-. The highest BCUT2D eigenvalue weighted by Gasteiger charge is 2.06. The molecule has 5 nitrogen and oxygen atoms in total. The van der Waals surface area contributed by atoms with Crippen molar-refractivity contribution in [2.75, 3.05) is 0 Å². The Hall–Kier alpha value is -2.99. The van der Waals surface area contributed by atoms with E-state index in [2.05, 4.69) is 15.5 Å². The average Bonchev–Trinajstić information content (AvgIpc) is 3.06. The number of thiazole rings is 1. The summed E-state index contributed by atoms with van der Waals surface area (Å²) in [6.07, 6.45) is 1.81. The van der Waals surface area contributed by atoms with Crippen molar-refractivity contribution >= 4 is 23.5 Å². The molecule has 0 saturated heterocycles. The summed E-state index contributed by atoms with van der Waals surface area (Å²) in [4.78, 5) is 16.2. The van der Waals surface area contributed by atoms with E-state index in [1.807, 2.05) is 66.9 Å². The maximum Gasteiger partial charge on any atom is 0.246 e. The van der Waals surface area contributed by atoms with Crippen molar-refractivity contribution in [1.29, 1.82) is 0 Å². The molecule has 0 radical (unpaired) electrons. The largest absolute Gasteiger partial charge is 0.488 e. The lowest BCUT2D eigenvalue weighted by atomic mass is 10.2. The van der Waals surface area contributed by atoms with Crippen molar-refractivity contribution < 1.29 is 9.53 Å². The quantitative estimate of drug-likeness (QED) is 0.513. The molecule has 0 fully saturated rings. The van der Waals surface area contributed by atoms with Crippen LogP contribution in [0.5, 0.6) is 5.75 Å². The molecule has 0 unspecified atom stereocenters. The Morgan fingerprint density at radius 2 is 1.96 bits per heavy atom. The second-order valence-corrected chi connectivity index (χ2v) is 6.61. The van der Waals surface area contributed by atoms with Crippen molar-refractivity contribution in [2.24, 2.45) is 5.10 Å². The maximum absolute atomic E-state index is 11.9. The molecule has 0 spiro atoms. The van der Waals surface area contributed by atoms with E-state index in [9.17, 15) is 4.79 Å². The number of hydrazone groups is 1. The number of amides is 1. The lowest BCUT2D eigenvalue weighted by molar-refractivity contribution is -0.120. The first kappa shape index (κ1) is 17.8. The normalized spacial score (nSPS) is 10.8. The highest BCUT2D eigenvalue weighted by Crippen LogP contribution is 2.17. The van der Waals surface area contributed by atoms with Crippen LogP contribution in [0, 0.1) is 6.92 Å². The molecule has 0 saturated carbocycles. The Morgan fingerprint density at radius 3 is 2.73 bits per heavy atom. The predicted octanol–water partition coefficient (Wildman–Crippen LogP) is 3.72. The zero-order valence-corrected chi connectivity index (χ0v) is 15.2. The fourth-order valence-electron chi connectivity index (χ4n) is 2.29. The molecular weight excluding hydrogens is 346 g/mol. The second-order valence-electron chi connectivity index (χ2n) is 5.66. The van der Waals surface area contributed by atoms with Gasteiger partial charge in [-0.15, -0.1) is 11.3 Å². The van der Waals surface area contributed by atoms with Crippen LogP contribution in [-0.2, 0) is 17.8 Å². The molecule has 2 aromatic carbocycles. The lowest BCUT2D eigenvalue weighted by Gasteiger charge is -2.08. The summed E-state index contributed by atoms with van der Waals surface area (Å²) >= 11 is 1.47. The van der Waals surface area contributed by atoms with Crippen LogP contribution >= 0.6 is 11.3 Å². The number of benzene rings is 2. The molecular formula is C20H19N3O2S. The number of hydrogen-bond acceptors (Lipinski definition) is 5. The smallest absolute Gasteiger partial charge is 0.246 e. The molecule has 3 aromatic rings. The molecule has 0 atom stereocenters. The van der Waals surface area contributed by atoms with Crippen LogP contribution in [-0.4, -0.2) is 17.1 Å². The van der Waals surface area contributed by atoms with Crippen LogP contribution in [0.3, 0.4) is 0 Å². The number of carbonyl (C=O) groups is 1. The average molecular weight is 365 g/mol. The Balaban J connectivity index is 1.57. The minimum atomic E-state index is -0.196. The van der Waals surface area contributed by atoms with Crippen molar-refractivity contribution in [3.63, 3.8) is 0 Å². The number of rotatable bonds is 7. The molecule has 0 bridgehead atoms. The zero-order valence-electron chi connectivity index (χ0n) is 14.4. The fraction of sp³-hybridized carbons (Fsp3) is 0.150. The Labute approximate surface area is 156 Å². The Bertz CT molecular complexity index is 891. The van der Waals surface area contributed by atoms with E-state index in [1.165, 1.54) is 11.3 Å². The SMILES string of the molecule is Cc1csc(CC(=O)N/N=C\c2ccccc2OCc2ccccc2)n1. The molecule has 0 aliphatic rings. The predicted molar refractivity (Wildman–Crippen MR) is 104 cm³/mol. The molecule has 1 N–H and O–H groups in total. The van der Waals surface area contributed by atoms with Gasteiger partial charge in [0.05, 0.1) is 12.6 Å². The van der Waals surface area contributed by atoms with Crippen LogP contribution in [0.25, 0.3) is 0 Å². The molecule has 1 heterocycles. The van der Waals surface area contributed by atoms with E-state index in [1.54, 1.807) is 6.21 Å². The van der Waals surface area contributed by atoms with Gasteiger partial charge in [0.2, 0.25) is 5.91 Å². The second kappa shape index (κ2) is 8.92. The van der Waals surface area contributed by atoms with E-state index in [4.69, 9.17) is 4.74 Å². The van der Waals surface area contributed by atoms with Gasteiger partial charge < -0.3 is 4.74 Å². The van der Waals surface area contributed by atoms with Gasteiger partial charge in [0.25, 0.3) is 0 Å². The van der Waals surface area contributed by atoms with Gasteiger partial charge in [-0.3, -0.25) is 4.79 Å². The van der Waals surface area contributed by atoms with Crippen molar-refractivity contribution in [2.45, 2.75) is 20.0 Å². The summed E-state index contributed by atoms with van der Waals surface area (Å²) in [7, 11) is 0. The van der Waals surface area contributed by atoms with Gasteiger partial charge in [-0.05, 0) is 24.6 Å². The van der Waals surface area contributed by atoms with E-state index >= 15 is 0 Å². The van der Waals surface area contributed by atoms with Gasteiger partial charge in [-0.1, -0.05) is 42.5 Å². The molecule has 3 rings (SSSR count). The van der Waals surface area contributed by atoms with Crippen LogP contribution in [0.4, 0.5) is 0 Å². The lowest BCUT2D eigenvalue weighted by Crippen LogP contribution is -2.19. The topological polar surface area (TPSA) is 63.6 Å². The molecule has 1 aromatic heterocycles. The van der Waals surface area contributed by atoms with Crippen LogP contribution < -0.4 is 10.2 Å². The number of para-hydroxylation sites is 1. The molecule has 0 aliphatic heterocycles. The van der Waals surface area contributed by atoms with Crippen molar-refractivity contribution in [1.82, 2.24) is 10.4 Å². The third-order valence-corrected chi connectivity index (χ3v) is 4.49. The number of nitrogens with one attached hydrogen (secondary N) is 1. The summed E-state index contributed by atoms with van der Waals surface area (Å²) in [6, 6.07) is 17.5. The number of aryl methyl sites for hydroxylation is 1. The van der Waals surface area contributed by atoms with Gasteiger partial charge in [-0.2, -0.15) is 5.10 Å². The Kier molecular flexibility index (Phi) is 6.11. The summed E-state index contributed by atoms with van der Waals surface area (Å²) in [6.45, 7) is 2.38. The molecule has 1 amide bonds.